The molecule has 11 heteroatoms. The summed E-state index contributed by atoms with van der Waals surface area (Å²) >= 11 is 22.1. The van der Waals surface area contributed by atoms with Crippen LogP contribution in [0.3, 0.4) is 0 Å². The molecule has 0 atom stereocenters. The molecule has 3 aromatic carbocycles. The summed E-state index contributed by atoms with van der Waals surface area (Å²) in [5, 5.41) is 3.72. The molecule has 1 aliphatic heterocycles. The molecule has 6 nitrogen and oxygen atoms in total. The number of anilines is 2. The summed E-state index contributed by atoms with van der Waals surface area (Å²) in [6.07, 6.45) is 1.72. The van der Waals surface area contributed by atoms with E-state index in [1.54, 1.807) is 66.7 Å². The van der Waals surface area contributed by atoms with Crippen molar-refractivity contribution < 1.29 is 19.1 Å². The molecule has 36 heavy (non-hydrogen) atoms. The van der Waals surface area contributed by atoms with Gasteiger partial charge in [0.2, 0.25) is 0 Å². The molecular formula is C25H17BrCl2N2O4S2. The number of carbonyl (C=O) groups is 2. The topological polar surface area (TPSA) is 67.9 Å². The predicted molar refractivity (Wildman–Crippen MR) is 153 cm³/mol. The van der Waals surface area contributed by atoms with E-state index in [-0.39, 0.29) is 18.4 Å². The number of thiocarbonyl (C=S) groups is 1. The molecule has 4 rings (SSSR count). The molecule has 1 N–H and O–H groups in total. The molecule has 0 aromatic heterocycles. The van der Waals surface area contributed by atoms with Crippen molar-refractivity contribution in [3.63, 3.8) is 0 Å². The van der Waals surface area contributed by atoms with Crippen LogP contribution < -0.4 is 19.7 Å². The van der Waals surface area contributed by atoms with E-state index in [0.29, 0.717) is 47.7 Å². The maximum absolute atomic E-state index is 13.0. The van der Waals surface area contributed by atoms with E-state index in [0.717, 1.165) is 4.47 Å². The number of nitrogens with one attached hydrogen (secondary N) is 1. The van der Waals surface area contributed by atoms with Gasteiger partial charge in [0, 0.05) is 15.2 Å². The van der Waals surface area contributed by atoms with Crippen LogP contribution in [0.5, 0.6) is 11.5 Å². The fourth-order valence-electron chi connectivity index (χ4n) is 3.26. The average molecular weight is 624 g/mol. The molecule has 0 spiro atoms. The molecule has 0 aliphatic carbocycles. The first-order valence-electron chi connectivity index (χ1n) is 10.3. The van der Waals surface area contributed by atoms with Gasteiger partial charge in [-0.1, -0.05) is 59.3 Å². The van der Waals surface area contributed by atoms with Crippen LogP contribution >= 0.6 is 63.1 Å². The van der Waals surface area contributed by atoms with Gasteiger partial charge in [0.1, 0.15) is 0 Å². The summed E-state index contributed by atoms with van der Waals surface area (Å²) in [6.45, 7) is -0.234. The Balaban J connectivity index is 1.45. The minimum Gasteiger partial charge on any atom is -0.493 e. The number of methoxy groups -OCH3 is 1. The number of nitrogens with zero attached hydrogens (tertiary/aromatic N) is 1. The number of carbonyl (C=O) groups excluding carboxylic acids is 2. The summed E-state index contributed by atoms with van der Waals surface area (Å²) in [6, 6.07) is 17.2. The van der Waals surface area contributed by atoms with E-state index < -0.39 is 0 Å². The van der Waals surface area contributed by atoms with E-state index >= 15 is 0 Å². The van der Waals surface area contributed by atoms with Crippen LogP contribution in [0.2, 0.25) is 10.0 Å². The molecule has 1 saturated heterocycles. The van der Waals surface area contributed by atoms with Crippen molar-refractivity contribution in [3.05, 3.63) is 85.7 Å². The highest BCUT2D eigenvalue weighted by atomic mass is 79.9. The number of hydrogen-bond donors (Lipinski definition) is 1. The van der Waals surface area contributed by atoms with Crippen LogP contribution in [0, 0.1) is 0 Å². The van der Waals surface area contributed by atoms with E-state index in [1.165, 1.54) is 23.8 Å². The van der Waals surface area contributed by atoms with Crippen molar-refractivity contribution in [2.75, 3.05) is 23.9 Å². The lowest BCUT2D eigenvalue weighted by molar-refractivity contribution is -0.118. The highest BCUT2D eigenvalue weighted by Gasteiger charge is 2.33. The van der Waals surface area contributed by atoms with Crippen molar-refractivity contribution in [2.24, 2.45) is 0 Å². The third kappa shape index (κ3) is 6.22. The summed E-state index contributed by atoms with van der Waals surface area (Å²) in [7, 11) is 1.49. The van der Waals surface area contributed by atoms with E-state index in [2.05, 4.69) is 21.2 Å². The Bertz CT molecular complexity index is 1400. The normalized spacial score (nSPS) is 14.3. The van der Waals surface area contributed by atoms with Crippen molar-refractivity contribution in [1.82, 2.24) is 0 Å². The third-order valence-corrected chi connectivity index (χ3v) is 7.68. The van der Waals surface area contributed by atoms with Gasteiger partial charge in [0.25, 0.3) is 11.8 Å². The van der Waals surface area contributed by atoms with Crippen LogP contribution in [0.25, 0.3) is 6.08 Å². The van der Waals surface area contributed by atoms with Gasteiger partial charge in [0.05, 0.1) is 22.7 Å². The molecule has 2 amide bonds. The van der Waals surface area contributed by atoms with Gasteiger partial charge in [-0.25, -0.2) is 0 Å². The first kappa shape index (κ1) is 26.5. The Labute approximate surface area is 235 Å². The lowest BCUT2D eigenvalue weighted by atomic mass is 10.2. The molecule has 0 saturated carbocycles. The first-order chi connectivity index (χ1) is 17.2. The highest BCUT2D eigenvalue weighted by molar-refractivity contribution is 9.10. The van der Waals surface area contributed by atoms with Gasteiger partial charge < -0.3 is 14.8 Å². The Morgan fingerprint density at radius 1 is 1.14 bits per heavy atom. The maximum atomic E-state index is 13.0. The molecule has 1 fully saturated rings. The zero-order valence-corrected chi connectivity index (χ0v) is 23.3. The Kier molecular flexibility index (Phi) is 8.58. The second kappa shape index (κ2) is 11.7. The number of hydrogen-bond acceptors (Lipinski definition) is 6. The SMILES string of the molecule is COc1cc(/C=C2\SC(=S)N(c3cccc(Cl)c3)C2=O)ccc1OCC(=O)Nc1ccc(Br)c(Cl)c1. The Morgan fingerprint density at radius 3 is 2.67 bits per heavy atom. The van der Waals surface area contributed by atoms with Crippen LogP contribution in [0.15, 0.2) is 70.0 Å². The van der Waals surface area contributed by atoms with Crippen LogP contribution in [0.1, 0.15) is 5.56 Å². The van der Waals surface area contributed by atoms with E-state index in [1.807, 2.05) is 0 Å². The Hall–Kier alpha value is -2.56. The quantitative estimate of drug-likeness (QED) is 0.222. The van der Waals surface area contributed by atoms with Crippen molar-refractivity contribution in [3.8, 4) is 11.5 Å². The molecule has 184 valence electrons. The summed E-state index contributed by atoms with van der Waals surface area (Å²) in [4.78, 5) is 27.2. The van der Waals surface area contributed by atoms with Crippen LogP contribution in [-0.4, -0.2) is 29.9 Å². The van der Waals surface area contributed by atoms with E-state index in [4.69, 9.17) is 44.9 Å². The largest absolute Gasteiger partial charge is 0.493 e. The van der Waals surface area contributed by atoms with Gasteiger partial charge in [-0.15, -0.1) is 0 Å². The number of halogens is 3. The molecule has 0 bridgehead atoms. The summed E-state index contributed by atoms with van der Waals surface area (Å²) in [5.41, 5.74) is 1.87. The molecule has 0 unspecified atom stereocenters. The summed E-state index contributed by atoms with van der Waals surface area (Å²) < 4.78 is 12.2. The van der Waals surface area contributed by atoms with Crippen LogP contribution in [-0.2, 0) is 9.59 Å². The van der Waals surface area contributed by atoms with Gasteiger partial charge in [-0.05, 0) is 76.1 Å². The fraction of sp³-hybridized carbons (Fsp3) is 0.0800. The molecule has 1 heterocycles. The molecule has 1 aliphatic rings. The minimum absolute atomic E-state index is 0.234. The monoisotopic (exact) mass is 622 g/mol. The predicted octanol–water partition coefficient (Wildman–Crippen LogP) is 7.19. The minimum atomic E-state index is -0.357. The average Bonchev–Trinajstić information content (AvgIpc) is 3.12. The maximum Gasteiger partial charge on any atom is 0.270 e. The standard InChI is InChI=1S/C25H17BrCl2N2O4S2/c1-33-21-9-14(10-22-24(32)30(25(35)36-22)17-4-2-3-15(27)11-17)5-8-20(21)34-13-23(31)29-16-6-7-18(26)19(28)12-16/h2-12H,13H2,1H3,(H,29,31)/b22-10-. The van der Waals surface area contributed by atoms with Crippen molar-refractivity contribution >= 4 is 96.7 Å². The van der Waals surface area contributed by atoms with Gasteiger partial charge >= 0.3 is 0 Å². The van der Waals surface area contributed by atoms with Crippen LogP contribution in [0.4, 0.5) is 11.4 Å². The van der Waals surface area contributed by atoms with Crippen molar-refractivity contribution in [2.45, 2.75) is 0 Å². The van der Waals surface area contributed by atoms with Crippen molar-refractivity contribution in [1.29, 1.82) is 0 Å². The molecule has 0 radical (unpaired) electrons. The summed E-state index contributed by atoms with van der Waals surface area (Å²) in [5.74, 6) is 0.194. The molecular weight excluding hydrogens is 607 g/mol. The number of thioether (sulfide) groups is 1. The first-order valence-corrected chi connectivity index (χ1v) is 13.1. The third-order valence-electron chi connectivity index (χ3n) is 4.91. The van der Waals surface area contributed by atoms with Gasteiger partial charge in [-0.3, -0.25) is 14.5 Å². The number of ether oxygens (including phenoxy) is 2. The number of rotatable bonds is 7. The smallest absolute Gasteiger partial charge is 0.270 e. The van der Waals surface area contributed by atoms with E-state index in [9.17, 15) is 9.59 Å². The lowest BCUT2D eigenvalue weighted by Gasteiger charge is -2.14. The van der Waals surface area contributed by atoms with Gasteiger partial charge in [0.15, 0.2) is 22.4 Å². The fourth-order valence-corrected chi connectivity index (χ4v) is 5.18. The van der Waals surface area contributed by atoms with Gasteiger partial charge in [-0.2, -0.15) is 0 Å². The zero-order chi connectivity index (χ0) is 25.8. The lowest BCUT2D eigenvalue weighted by Crippen LogP contribution is -2.27. The Morgan fingerprint density at radius 2 is 1.94 bits per heavy atom. The second-order valence-electron chi connectivity index (χ2n) is 7.37. The number of benzene rings is 3. The second-order valence-corrected chi connectivity index (χ2v) is 10.7. The zero-order valence-electron chi connectivity index (χ0n) is 18.6. The molecule has 3 aromatic rings. The highest BCUT2D eigenvalue weighted by Crippen LogP contribution is 2.38. The number of amides is 2.